The van der Waals surface area contributed by atoms with Crippen molar-refractivity contribution >= 4 is 27.8 Å². The number of hydrogen-bond acceptors (Lipinski definition) is 3. The molecule has 1 N–H and O–H groups in total. The smallest absolute Gasteiger partial charge is 0.321 e. The second-order valence-electron chi connectivity index (χ2n) is 3.46. The number of esters is 1. The van der Waals surface area contributed by atoms with Gasteiger partial charge in [0.1, 0.15) is 4.83 Å². The Hall–Kier alpha value is -1.36. The largest absolute Gasteiger partial charge is 0.468 e. The van der Waals surface area contributed by atoms with Crippen LogP contribution in [-0.4, -0.2) is 30.4 Å². The van der Waals surface area contributed by atoms with E-state index in [1.165, 1.54) is 7.11 Å². The van der Waals surface area contributed by atoms with E-state index in [0.717, 1.165) is 5.56 Å². The van der Waals surface area contributed by atoms with Gasteiger partial charge in [0, 0.05) is 6.54 Å². The van der Waals surface area contributed by atoms with Gasteiger partial charge in [-0.15, -0.1) is 0 Å². The fraction of sp³-hybridized carbons (Fsp3) is 0.333. The molecule has 0 bridgehead atoms. The predicted octanol–water partition coefficient (Wildman–Crippen LogP) is 1.28. The SMILES string of the molecule is COC(=O)C(Br)CNC(=O)Cc1ccccc1. The monoisotopic (exact) mass is 299 g/mol. The molecule has 92 valence electrons. The molecule has 1 rings (SSSR count). The van der Waals surface area contributed by atoms with E-state index < -0.39 is 10.8 Å². The zero-order valence-electron chi connectivity index (χ0n) is 9.48. The number of hydrogen-bond donors (Lipinski definition) is 1. The van der Waals surface area contributed by atoms with Crippen molar-refractivity contribution in [2.75, 3.05) is 13.7 Å². The highest BCUT2D eigenvalue weighted by Crippen LogP contribution is 2.02. The number of nitrogens with one attached hydrogen (secondary N) is 1. The molecule has 1 amide bonds. The second kappa shape index (κ2) is 7.06. The zero-order chi connectivity index (χ0) is 12.7. The highest BCUT2D eigenvalue weighted by molar-refractivity contribution is 9.10. The standard InChI is InChI=1S/C12H14BrNO3/c1-17-12(16)10(13)8-14-11(15)7-9-5-3-2-4-6-9/h2-6,10H,7-8H2,1H3,(H,14,15). The van der Waals surface area contributed by atoms with Crippen LogP contribution in [-0.2, 0) is 20.7 Å². The van der Waals surface area contributed by atoms with Crippen molar-refractivity contribution in [1.82, 2.24) is 5.32 Å². The molecular formula is C12H14BrNO3. The van der Waals surface area contributed by atoms with Crippen LogP contribution in [0.1, 0.15) is 5.56 Å². The average Bonchev–Trinajstić information content (AvgIpc) is 2.36. The van der Waals surface area contributed by atoms with Crippen LogP contribution in [0.2, 0.25) is 0 Å². The third kappa shape index (κ3) is 4.99. The van der Waals surface area contributed by atoms with Gasteiger partial charge in [-0.25, -0.2) is 0 Å². The van der Waals surface area contributed by atoms with Crippen LogP contribution in [0, 0.1) is 0 Å². The van der Waals surface area contributed by atoms with Crippen molar-refractivity contribution in [3.05, 3.63) is 35.9 Å². The number of amides is 1. The maximum absolute atomic E-state index is 11.5. The van der Waals surface area contributed by atoms with Crippen molar-refractivity contribution in [2.24, 2.45) is 0 Å². The molecule has 0 aliphatic heterocycles. The summed E-state index contributed by atoms with van der Waals surface area (Å²) < 4.78 is 4.53. The van der Waals surface area contributed by atoms with E-state index in [9.17, 15) is 9.59 Å². The quantitative estimate of drug-likeness (QED) is 0.658. The normalized spacial score (nSPS) is 11.6. The number of methoxy groups -OCH3 is 1. The average molecular weight is 300 g/mol. The predicted molar refractivity (Wildman–Crippen MR) is 67.9 cm³/mol. The molecule has 0 saturated heterocycles. The summed E-state index contributed by atoms with van der Waals surface area (Å²) >= 11 is 3.13. The van der Waals surface area contributed by atoms with Crippen LogP contribution in [0.4, 0.5) is 0 Å². The van der Waals surface area contributed by atoms with E-state index in [2.05, 4.69) is 26.0 Å². The van der Waals surface area contributed by atoms with E-state index in [1.807, 2.05) is 30.3 Å². The van der Waals surface area contributed by atoms with Gasteiger partial charge in [-0.2, -0.15) is 0 Å². The first-order chi connectivity index (χ1) is 8.13. The minimum Gasteiger partial charge on any atom is -0.468 e. The van der Waals surface area contributed by atoms with Crippen LogP contribution < -0.4 is 5.32 Å². The molecule has 1 atom stereocenters. The summed E-state index contributed by atoms with van der Waals surface area (Å²) in [6.07, 6.45) is 0.307. The summed E-state index contributed by atoms with van der Waals surface area (Å²) in [5.74, 6) is -0.519. The Bertz CT molecular complexity index is 381. The van der Waals surface area contributed by atoms with Gasteiger partial charge >= 0.3 is 5.97 Å². The van der Waals surface area contributed by atoms with Gasteiger partial charge in [-0.05, 0) is 5.56 Å². The maximum Gasteiger partial charge on any atom is 0.321 e. The molecule has 1 unspecified atom stereocenters. The Morgan fingerprint density at radius 2 is 2.00 bits per heavy atom. The summed E-state index contributed by atoms with van der Waals surface area (Å²) in [7, 11) is 1.31. The number of alkyl halides is 1. The van der Waals surface area contributed by atoms with E-state index in [1.54, 1.807) is 0 Å². The van der Waals surface area contributed by atoms with Gasteiger partial charge < -0.3 is 10.1 Å². The lowest BCUT2D eigenvalue weighted by Crippen LogP contribution is -2.34. The summed E-state index contributed by atoms with van der Waals surface area (Å²) in [6, 6.07) is 9.42. The Balaban J connectivity index is 2.33. The minimum atomic E-state index is -0.507. The third-order valence-electron chi connectivity index (χ3n) is 2.14. The number of carbonyl (C=O) groups is 2. The van der Waals surface area contributed by atoms with Gasteiger partial charge in [-0.3, -0.25) is 9.59 Å². The molecule has 1 aromatic rings. The Morgan fingerprint density at radius 3 is 2.59 bits per heavy atom. The lowest BCUT2D eigenvalue weighted by molar-refractivity contribution is -0.139. The van der Waals surface area contributed by atoms with Crippen LogP contribution in [0.3, 0.4) is 0 Å². The lowest BCUT2D eigenvalue weighted by Gasteiger charge is -2.09. The van der Waals surface area contributed by atoms with Crippen molar-refractivity contribution in [2.45, 2.75) is 11.2 Å². The van der Waals surface area contributed by atoms with Crippen LogP contribution in [0.25, 0.3) is 0 Å². The summed E-state index contributed by atoms with van der Waals surface area (Å²) in [5.41, 5.74) is 0.939. The molecule has 0 aromatic heterocycles. The maximum atomic E-state index is 11.5. The number of halogens is 1. The molecule has 5 heteroatoms. The molecule has 0 fully saturated rings. The topological polar surface area (TPSA) is 55.4 Å². The van der Waals surface area contributed by atoms with Crippen LogP contribution in [0.5, 0.6) is 0 Å². The molecule has 17 heavy (non-hydrogen) atoms. The third-order valence-corrected chi connectivity index (χ3v) is 2.84. The second-order valence-corrected chi connectivity index (χ2v) is 4.56. The molecule has 0 radical (unpaired) electrons. The van der Waals surface area contributed by atoms with Gasteiger partial charge in [0.15, 0.2) is 0 Å². The van der Waals surface area contributed by atoms with Crippen molar-refractivity contribution in [3.8, 4) is 0 Å². The van der Waals surface area contributed by atoms with Gasteiger partial charge in [-0.1, -0.05) is 46.3 Å². The van der Waals surface area contributed by atoms with Crippen molar-refractivity contribution < 1.29 is 14.3 Å². The number of rotatable bonds is 5. The van der Waals surface area contributed by atoms with Gasteiger partial charge in [0.05, 0.1) is 13.5 Å². The zero-order valence-corrected chi connectivity index (χ0v) is 11.1. The molecule has 0 saturated carbocycles. The first-order valence-corrected chi connectivity index (χ1v) is 6.07. The van der Waals surface area contributed by atoms with Gasteiger partial charge in [0.25, 0.3) is 0 Å². The Kier molecular flexibility index (Phi) is 5.69. The highest BCUT2D eigenvalue weighted by Gasteiger charge is 2.15. The number of benzene rings is 1. The fourth-order valence-corrected chi connectivity index (χ4v) is 1.61. The van der Waals surface area contributed by atoms with E-state index in [0.29, 0.717) is 6.42 Å². The summed E-state index contributed by atoms with van der Waals surface area (Å²) in [4.78, 5) is 22.1. The molecule has 4 nitrogen and oxygen atoms in total. The minimum absolute atomic E-state index is 0.121. The van der Waals surface area contributed by atoms with Crippen LogP contribution in [0.15, 0.2) is 30.3 Å². The lowest BCUT2D eigenvalue weighted by atomic mass is 10.1. The van der Waals surface area contributed by atoms with Gasteiger partial charge in [0.2, 0.25) is 5.91 Å². The molecular weight excluding hydrogens is 286 g/mol. The van der Waals surface area contributed by atoms with E-state index >= 15 is 0 Å². The van der Waals surface area contributed by atoms with Crippen LogP contribution >= 0.6 is 15.9 Å². The number of carbonyl (C=O) groups excluding carboxylic acids is 2. The molecule has 0 spiro atoms. The van der Waals surface area contributed by atoms with E-state index in [-0.39, 0.29) is 12.5 Å². The number of ether oxygens (including phenoxy) is 1. The Labute approximate surface area is 108 Å². The van der Waals surface area contributed by atoms with Crippen molar-refractivity contribution in [3.63, 3.8) is 0 Å². The molecule has 0 heterocycles. The summed E-state index contributed by atoms with van der Waals surface area (Å²) in [6.45, 7) is 0.221. The summed E-state index contributed by atoms with van der Waals surface area (Å²) in [5, 5.41) is 2.66. The first kappa shape index (κ1) is 13.7. The first-order valence-electron chi connectivity index (χ1n) is 5.16. The highest BCUT2D eigenvalue weighted by atomic mass is 79.9. The van der Waals surface area contributed by atoms with E-state index in [4.69, 9.17) is 0 Å². The molecule has 0 aliphatic carbocycles. The molecule has 0 aliphatic rings. The molecule has 1 aromatic carbocycles. The fourth-order valence-electron chi connectivity index (χ4n) is 1.26. The Morgan fingerprint density at radius 1 is 1.35 bits per heavy atom. The van der Waals surface area contributed by atoms with Crippen molar-refractivity contribution in [1.29, 1.82) is 0 Å².